The van der Waals surface area contributed by atoms with E-state index in [1.54, 1.807) is 0 Å². The minimum Gasteiger partial charge on any atom is -0.481 e. The maximum atomic E-state index is 10.2. The van der Waals surface area contributed by atoms with Crippen LogP contribution >= 0.6 is 0 Å². The molecule has 0 aliphatic carbocycles. The lowest BCUT2D eigenvalue weighted by Crippen LogP contribution is -2.29. The fourth-order valence-electron chi connectivity index (χ4n) is 1.19. The number of hydrogen-bond acceptors (Lipinski definition) is 4. The van der Waals surface area contributed by atoms with Crippen LogP contribution in [0.4, 0.5) is 0 Å². The monoisotopic (exact) mass is 233 g/mol. The van der Waals surface area contributed by atoms with E-state index in [0.29, 0.717) is 13.2 Å². The smallest absolute Gasteiger partial charge is 0.306 e. The molecular weight excluding hydrogens is 210 g/mol. The Morgan fingerprint density at radius 2 is 2.06 bits per heavy atom. The summed E-state index contributed by atoms with van der Waals surface area (Å²) < 4.78 is 5.35. The van der Waals surface area contributed by atoms with Crippen LogP contribution in [0.15, 0.2) is 0 Å². The van der Waals surface area contributed by atoms with E-state index in [1.165, 1.54) is 0 Å². The van der Waals surface area contributed by atoms with Crippen LogP contribution in [0.5, 0.6) is 0 Å². The first-order chi connectivity index (χ1) is 7.66. The Kier molecular flexibility index (Phi) is 10.4. The number of carboxylic acids is 1. The molecule has 0 heterocycles. The van der Waals surface area contributed by atoms with Gasteiger partial charge in [0.15, 0.2) is 0 Å². The van der Waals surface area contributed by atoms with Crippen molar-refractivity contribution in [2.24, 2.45) is 0 Å². The Morgan fingerprint density at radius 3 is 2.69 bits per heavy atom. The van der Waals surface area contributed by atoms with Gasteiger partial charge in [0, 0.05) is 19.8 Å². The predicted octanol–water partition coefficient (Wildman–Crippen LogP) is 0.618. The third kappa shape index (κ3) is 11.4. The molecule has 0 bridgehead atoms. The van der Waals surface area contributed by atoms with Gasteiger partial charge in [0.25, 0.3) is 0 Å². The highest BCUT2D eigenvalue weighted by Gasteiger charge is 2.07. The molecule has 0 amide bonds. The van der Waals surface area contributed by atoms with Gasteiger partial charge < -0.3 is 20.3 Å². The predicted molar refractivity (Wildman–Crippen MR) is 61.5 cm³/mol. The van der Waals surface area contributed by atoms with Crippen molar-refractivity contribution >= 4 is 5.97 Å². The van der Waals surface area contributed by atoms with Gasteiger partial charge >= 0.3 is 5.97 Å². The van der Waals surface area contributed by atoms with Gasteiger partial charge in [-0.3, -0.25) is 4.79 Å². The summed E-state index contributed by atoms with van der Waals surface area (Å²) in [7, 11) is 0. The van der Waals surface area contributed by atoms with Gasteiger partial charge in [0.2, 0.25) is 0 Å². The molecule has 0 aliphatic heterocycles. The van der Waals surface area contributed by atoms with Crippen molar-refractivity contribution in [1.82, 2.24) is 5.32 Å². The molecule has 0 saturated heterocycles. The maximum Gasteiger partial charge on any atom is 0.306 e. The van der Waals surface area contributed by atoms with E-state index >= 15 is 0 Å². The number of aliphatic hydroxyl groups excluding tert-OH is 1. The molecule has 1 unspecified atom stereocenters. The molecule has 3 N–H and O–H groups in total. The normalized spacial score (nSPS) is 12.6. The molecule has 0 aromatic heterocycles. The van der Waals surface area contributed by atoms with Crippen molar-refractivity contribution in [3.05, 3.63) is 0 Å². The molecule has 0 aromatic carbocycles. The van der Waals surface area contributed by atoms with Crippen LogP contribution in [0.1, 0.15) is 32.6 Å². The highest BCUT2D eigenvalue weighted by molar-refractivity contribution is 5.67. The van der Waals surface area contributed by atoms with Crippen molar-refractivity contribution in [1.29, 1.82) is 0 Å². The van der Waals surface area contributed by atoms with Crippen molar-refractivity contribution in [3.63, 3.8) is 0 Å². The fraction of sp³-hybridized carbons (Fsp3) is 0.909. The Bertz CT molecular complexity index is 175. The second-order valence-electron chi connectivity index (χ2n) is 3.78. The van der Waals surface area contributed by atoms with Gasteiger partial charge in [-0.05, 0) is 19.4 Å². The first-order valence-corrected chi connectivity index (χ1v) is 5.85. The number of carbonyl (C=O) groups is 1. The van der Waals surface area contributed by atoms with Crippen LogP contribution < -0.4 is 5.32 Å². The van der Waals surface area contributed by atoms with E-state index in [-0.39, 0.29) is 6.42 Å². The van der Waals surface area contributed by atoms with Gasteiger partial charge in [-0.15, -0.1) is 0 Å². The largest absolute Gasteiger partial charge is 0.481 e. The third-order valence-electron chi connectivity index (χ3n) is 2.07. The number of nitrogens with one attached hydrogen (secondary N) is 1. The standard InChI is InChI=1S/C11H23NO4/c1-2-3-6-16-7-4-5-12-9-10(13)8-11(14)15/h10,12-13H,2-9H2,1H3,(H,14,15). The number of carboxylic acid groups (broad SMARTS) is 1. The minimum absolute atomic E-state index is 0.208. The molecule has 5 heteroatoms. The average molecular weight is 233 g/mol. The molecule has 16 heavy (non-hydrogen) atoms. The van der Waals surface area contributed by atoms with Gasteiger partial charge in [-0.25, -0.2) is 0 Å². The van der Waals surface area contributed by atoms with Gasteiger partial charge in [-0.1, -0.05) is 13.3 Å². The van der Waals surface area contributed by atoms with Crippen LogP contribution in [-0.4, -0.2) is 48.6 Å². The first kappa shape index (κ1) is 15.3. The van der Waals surface area contributed by atoms with Gasteiger partial charge in [0.1, 0.15) is 0 Å². The van der Waals surface area contributed by atoms with Gasteiger partial charge in [-0.2, -0.15) is 0 Å². The van der Waals surface area contributed by atoms with Crippen molar-refractivity contribution in [2.45, 2.75) is 38.7 Å². The number of ether oxygens (including phenoxy) is 1. The lowest BCUT2D eigenvalue weighted by molar-refractivity contribution is -0.139. The highest BCUT2D eigenvalue weighted by atomic mass is 16.5. The van der Waals surface area contributed by atoms with E-state index in [2.05, 4.69) is 12.2 Å². The Morgan fingerprint density at radius 1 is 1.38 bits per heavy atom. The molecule has 0 radical (unpaired) electrons. The molecule has 0 spiro atoms. The van der Waals surface area contributed by atoms with E-state index < -0.39 is 12.1 Å². The molecule has 0 fully saturated rings. The third-order valence-corrected chi connectivity index (χ3v) is 2.07. The lowest BCUT2D eigenvalue weighted by atomic mass is 10.2. The highest BCUT2D eigenvalue weighted by Crippen LogP contribution is 1.91. The van der Waals surface area contributed by atoms with Crippen LogP contribution in [0.25, 0.3) is 0 Å². The topological polar surface area (TPSA) is 78.8 Å². The maximum absolute atomic E-state index is 10.2. The van der Waals surface area contributed by atoms with E-state index in [1.807, 2.05) is 0 Å². The SMILES string of the molecule is CCCCOCCCNCC(O)CC(=O)O. The summed E-state index contributed by atoms with van der Waals surface area (Å²) in [6, 6.07) is 0. The lowest BCUT2D eigenvalue weighted by Gasteiger charge is -2.09. The summed E-state index contributed by atoms with van der Waals surface area (Å²) in [5.74, 6) is -0.975. The number of hydrogen-bond donors (Lipinski definition) is 3. The Balaban J connectivity index is 3.11. The molecule has 0 aliphatic rings. The van der Waals surface area contributed by atoms with Crippen molar-refractivity contribution in [2.75, 3.05) is 26.3 Å². The number of unbranched alkanes of at least 4 members (excludes halogenated alkanes) is 1. The Hall–Kier alpha value is -0.650. The fourth-order valence-corrected chi connectivity index (χ4v) is 1.19. The number of aliphatic hydroxyl groups is 1. The minimum atomic E-state index is -0.975. The zero-order valence-electron chi connectivity index (χ0n) is 9.95. The average Bonchev–Trinajstić information content (AvgIpc) is 2.21. The quantitative estimate of drug-likeness (QED) is 0.456. The van der Waals surface area contributed by atoms with E-state index in [4.69, 9.17) is 9.84 Å². The Labute approximate surface area is 96.8 Å². The summed E-state index contributed by atoms with van der Waals surface area (Å²) in [5.41, 5.74) is 0. The summed E-state index contributed by atoms with van der Waals surface area (Å²) in [4.78, 5) is 10.2. The second kappa shape index (κ2) is 10.9. The summed E-state index contributed by atoms with van der Waals surface area (Å²) >= 11 is 0. The molecule has 1 atom stereocenters. The molecule has 96 valence electrons. The summed E-state index contributed by atoms with van der Waals surface area (Å²) in [6.45, 7) is 4.69. The molecule has 0 rings (SSSR count). The van der Waals surface area contributed by atoms with Crippen LogP contribution in [0.2, 0.25) is 0 Å². The van der Waals surface area contributed by atoms with E-state index in [0.717, 1.165) is 32.4 Å². The zero-order valence-corrected chi connectivity index (χ0v) is 9.95. The zero-order chi connectivity index (χ0) is 12.2. The van der Waals surface area contributed by atoms with Crippen molar-refractivity contribution < 1.29 is 19.7 Å². The molecule has 0 saturated carbocycles. The summed E-state index contributed by atoms with van der Waals surface area (Å²) in [5, 5.41) is 20.6. The van der Waals surface area contributed by atoms with Crippen LogP contribution in [-0.2, 0) is 9.53 Å². The van der Waals surface area contributed by atoms with Crippen LogP contribution in [0, 0.1) is 0 Å². The second-order valence-corrected chi connectivity index (χ2v) is 3.78. The van der Waals surface area contributed by atoms with Crippen LogP contribution in [0.3, 0.4) is 0 Å². The first-order valence-electron chi connectivity index (χ1n) is 5.85. The van der Waals surface area contributed by atoms with E-state index in [9.17, 15) is 9.90 Å². The molecular formula is C11H23NO4. The summed E-state index contributed by atoms with van der Waals surface area (Å²) in [6.07, 6.45) is 2.09. The molecule has 0 aromatic rings. The molecule has 5 nitrogen and oxygen atoms in total. The van der Waals surface area contributed by atoms with Crippen molar-refractivity contribution in [3.8, 4) is 0 Å². The number of aliphatic carboxylic acids is 1. The van der Waals surface area contributed by atoms with Gasteiger partial charge in [0.05, 0.1) is 12.5 Å². The number of rotatable bonds is 11.